The molecule has 4 N–H and O–H groups in total. The van der Waals surface area contributed by atoms with Gasteiger partial charge in [-0.25, -0.2) is 0 Å². The topological polar surface area (TPSA) is 75.3 Å². The molecule has 1 unspecified atom stereocenters. The van der Waals surface area contributed by atoms with Crippen LogP contribution in [0.15, 0.2) is 24.3 Å². The molecule has 1 amide bonds. The van der Waals surface area contributed by atoms with E-state index in [2.05, 4.69) is 5.32 Å². The summed E-state index contributed by atoms with van der Waals surface area (Å²) in [4.78, 5) is 12.7. The number of carbonyl (C=O) groups is 1. The number of hydrogen-bond acceptors (Lipinski definition) is 4. The van der Waals surface area contributed by atoms with E-state index in [0.29, 0.717) is 22.9 Å². The zero-order valence-electron chi connectivity index (χ0n) is 11.7. The second kappa shape index (κ2) is 6.24. The Kier molecular flexibility index (Phi) is 4.62. The van der Waals surface area contributed by atoms with E-state index in [4.69, 9.17) is 5.73 Å². The van der Waals surface area contributed by atoms with Crippen LogP contribution in [0, 0.1) is 5.92 Å². The molecule has 1 aromatic carbocycles. The zero-order valence-corrected chi connectivity index (χ0v) is 12.5. The van der Waals surface area contributed by atoms with Crippen molar-refractivity contribution in [2.45, 2.75) is 26.4 Å². The Morgan fingerprint density at radius 2 is 2.15 bits per heavy atom. The number of nitrogens with two attached hydrogens (primary N) is 1. The lowest BCUT2D eigenvalue weighted by atomic mass is 10.1. The van der Waals surface area contributed by atoms with Crippen molar-refractivity contribution in [3.8, 4) is 0 Å². The molecule has 0 fully saturated rings. The number of nitrogens with one attached hydrogen (secondary N) is 1. The number of benzene rings is 1. The molecule has 0 aliphatic carbocycles. The van der Waals surface area contributed by atoms with Crippen molar-refractivity contribution < 1.29 is 9.90 Å². The first-order valence-electron chi connectivity index (χ1n) is 6.71. The first kappa shape index (κ1) is 14.8. The van der Waals surface area contributed by atoms with Crippen molar-refractivity contribution in [2.24, 2.45) is 5.92 Å². The van der Waals surface area contributed by atoms with Crippen molar-refractivity contribution in [1.29, 1.82) is 0 Å². The SMILES string of the molecule is CC(C)CC(O)CNC(=O)c1cc2cc(N)ccc2s1. The van der Waals surface area contributed by atoms with E-state index in [1.54, 1.807) is 0 Å². The molecule has 1 atom stereocenters. The number of amides is 1. The highest BCUT2D eigenvalue weighted by Crippen LogP contribution is 2.27. The first-order valence-corrected chi connectivity index (χ1v) is 7.52. The molecule has 0 saturated carbocycles. The molecule has 0 bridgehead atoms. The number of hydrogen-bond donors (Lipinski definition) is 3. The molecule has 1 heterocycles. The van der Waals surface area contributed by atoms with Crippen LogP contribution in [0.4, 0.5) is 5.69 Å². The van der Waals surface area contributed by atoms with Crippen LogP contribution in [0.2, 0.25) is 0 Å². The minimum Gasteiger partial charge on any atom is -0.399 e. The Morgan fingerprint density at radius 1 is 1.40 bits per heavy atom. The van der Waals surface area contributed by atoms with Gasteiger partial charge in [0.25, 0.3) is 5.91 Å². The fourth-order valence-corrected chi connectivity index (χ4v) is 3.06. The summed E-state index contributed by atoms with van der Waals surface area (Å²) in [6, 6.07) is 7.43. The largest absolute Gasteiger partial charge is 0.399 e. The highest BCUT2D eigenvalue weighted by atomic mass is 32.1. The summed E-state index contributed by atoms with van der Waals surface area (Å²) in [5.74, 6) is 0.266. The van der Waals surface area contributed by atoms with Crippen LogP contribution >= 0.6 is 11.3 Å². The van der Waals surface area contributed by atoms with Gasteiger partial charge in [0, 0.05) is 16.9 Å². The van der Waals surface area contributed by atoms with Crippen molar-refractivity contribution in [1.82, 2.24) is 5.32 Å². The van der Waals surface area contributed by atoms with Crippen LogP contribution in [0.5, 0.6) is 0 Å². The van der Waals surface area contributed by atoms with Crippen LogP contribution in [0.3, 0.4) is 0 Å². The molecule has 0 aliphatic rings. The number of carbonyl (C=O) groups excluding carboxylic acids is 1. The van der Waals surface area contributed by atoms with Gasteiger partial charge < -0.3 is 16.2 Å². The van der Waals surface area contributed by atoms with Crippen molar-refractivity contribution in [3.63, 3.8) is 0 Å². The lowest BCUT2D eigenvalue weighted by molar-refractivity contribution is 0.0904. The number of fused-ring (bicyclic) bond motifs is 1. The minimum absolute atomic E-state index is 0.146. The summed E-state index contributed by atoms with van der Waals surface area (Å²) in [6.45, 7) is 4.37. The summed E-state index contributed by atoms with van der Waals surface area (Å²) >= 11 is 1.43. The maximum Gasteiger partial charge on any atom is 0.261 e. The molecule has 0 radical (unpaired) electrons. The van der Waals surface area contributed by atoms with Crippen LogP contribution in [0.25, 0.3) is 10.1 Å². The smallest absolute Gasteiger partial charge is 0.261 e. The highest BCUT2D eigenvalue weighted by Gasteiger charge is 2.13. The van der Waals surface area contributed by atoms with Gasteiger partial charge in [-0.3, -0.25) is 4.79 Å². The fraction of sp³-hybridized carbons (Fsp3) is 0.400. The highest BCUT2D eigenvalue weighted by molar-refractivity contribution is 7.20. The fourth-order valence-electron chi connectivity index (χ4n) is 2.10. The number of anilines is 1. The standard InChI is InChI=1S/C15H20N2O2S/c1-9(2)5-12(18)8-17-15(19)14-7-10-6-11(16)3-4-13(10)20-14/h3-4,6-7,9,12,18H,5,8,16H2,1-2H3,(H,17,19). The first-order chi connectivity index (χ1) is 9.45. The number of nitrogen functional groups attached to an aromatic ring is 1. The van der Waals surface area contributed by atoms with Gasteiger partial charge in [-0.2, -0.15) is 0 Å². The summed E-state index contributed by atoms with van der Waals surface area (Å²) in [5.41, 5.74) is 6.41. The van der Waals surface area contributed by atoms with E-state index in [-0.39, 0.29) is 12.5 Å². The van der Waals surface area contributed by atoms with Gasteiger partial charge in [-0.05, 0) is 42.0 Å². The third kappa shape index (κ3) is 3.71. The van der Waals surface area contributed by atoms with Gasteiger partial charge in [0.15, 0.2) is 0 Å². The Morgan fingerprint density at radius 3 is 2.85 bits per heavy atom. The van der Waals surface area contributed by atoms with Gasteiger partial charge in [0.1, 0.15) is 0 Å². The van der Waals surface area contributed by atoms with Gasteiger partial charge >= 0.3 is 0 Å². The molecular formula is C15H20N2O2S. The van der Waals surface area contributed by atoms with Gasteiger partial charge in [0.05, 0.1) is 11.0 Å². The molecule has 2 aromatic rings. The summed E-state index contributed by atoms with van der Waals surface area (Å²) < 4.78 is 1.03. The number of aliphatic hydroxyl groups excluding tert-OH is 1. The van der Waals surface area contributed by atoms with E-state index in [0.717, 1.165) is 10.1 Å². The average molecular weight is 292 g/mol. The molecule has 20 heavy (non-hydrogen) atoms. The van der Waals surface area contributed by atoms with Gasteiger partial charge in [-0.1, -0.05) is 13.8 Å². The monoisotopic (exact) mass is 292 g/mol. The van der Waals surface area contributed by atoms with Gasteiger partial charge in [-0.15, -0.1) is 11.3 Å². The normalized spacial score (nSPS) is 12.8. The third-order valence-corrected chi connectivity index (χ3v) is 4.12. The average Bonchev–Trinajstić information content (AvgIpc) is 2.78. The second-order valence-electron chi connectivity index (χ2n) is 5.40. The number of thiophene rings is 1. The predicted molar refractivity (Wildman–Crippen MR) is 84.0 cm³/mol. The molecule has 4 nitrogen and oxygen atoms in total. The second-order valence-corrected chi connectivity index (χ2v) is 6.49. The van der Waals surface area contributed by atoms with E-state index in [9.17, 15) is 9.90 Å². The maximum absolute atomic E-state index is 12.0. The lowest BCUT2D eigenvalue weighted by Crippen LogP contribution is -2.32. The van der Waals surface area contributed by atoms with Crippen molar-refractivity contribution in [3.05, 3.63) is 29.1 Å². The summed E-state index contributed by atoms with van der Waals surface area (Å²) in [6.07, 6.45) is 0.187. The quantitative estimate of drug-likeness (QED) is 0.742. The lowest BCUT2D eigenvalue weighted by Gasteiger charge is -2.13. The Hall–Kier alpha value is -1.59. The van der Waals surface area contributed by atoms with Crippen molar-refractivity contribution in [2.75, 3.05) is 12.3 Å². The maximum atomic E-state index is 12.0. The van der Waals surface area contributed by atoms with E-state index in [1.807, 2.05) is 38.1 Å². The Bertz CT molecular complexity index is 607. The molecule has 1 aromatic heterocycles. The Balaban J connectivity index is 2.00. The number of rotatable bonds is 5. The molecule has 108 valence electrons. The summed E-state index contributed by atoms with van der Waals surface area (Å²) in [7, 11) is 0. The third-order valence-electron chi connectivity index (χ3n) is 3.01. The Labute approximate surface area is 122 Å². The molecule has 0 spiro atoms. The van der Waals surface area contributed by atoms with Crippen LogP contribution in [0.1, 0.15) is 29.9 Å². The predicted octanol–water partition coefficient (Wildman–Crippen LogP) is 2.62. The molecule has 5 heteroatoms. The molecule has 2 rings (SSSR count). The summed E-state index contributed by atoms with van der Waals surface area (Å²) in [5, 5.41) is 13.5. The van der Waals surface area contributed by atoms with Crippen LogP contribution in [-0.4, -0.2) is 23.7 Å². The van der Waals surface area contributed by atoms with E-state index >= 15 is 0 Å². The molecule has 0 saturated heterocycles. The van der Waals surface area contributed by atoms with Gasteiger partial charge in [0.2, 0.25) is 0 Å². The van der Waals surface area contributed by atoms with E-state index in [1.165, 1.54) is 11.3 Å². The number of aliphatic hydroxyl groups is 1. The van der Waals surface area contributed by atoms with Crippen molar-refractivity contribution >= 4 is 33.0 Å². The molecular weight excluding hydrogens is 272 g/mol. The molecule has 0 aliphatic heterocycles. The van der Waals surface area contributed by atoms with Crippen LogP contribution in [-0.2, 0) is 0 Å². The van der Waals surface area contributed by atoms with Crippen LogP contribution < -0.4 is 11.1 Å². The zero-order chi connectivity index (χ0) is 14.7. The van der Waals surface area contributed by atoms with E-state index < -0.39 is 6.10 Å². The minimum atomic E-state index is -0.496.